The first kappa shape index (κ1) is 23.7. The number of aliphatic hydroxyl groups is 1. The number of allylic oxidation sites excluding steroid dienone is 1. The van der Waals surface area contributed by atoms with Crippen molar-refractivity contribution in [2.75, 3.05) is 13.1 Å². The first-order chi connectivity index (χ1) is 16.8. The van der Waals surface area contributed by atoms with E-state index in [0.717, 1.165) is 45.8 Å². The third-order valence-electron chi connectivity index (χ3n) is 7.56. The molecule has 0 spiro atoms. The number of hydrogen-bond acceptors (Lipinski definition) is 5. The fourth-order valence-electron chi connectivity index (χ4n) is 5.79. The van der Waals surface area contributed by atoms with Gasteiger partial charge < -0.3 is 19.8 Å². The monoisotopic (exact) mass is 490 g/mol. The van der Waals surface area contributed by atoms with E-state index in [0.29, 0.717) is 24.7 Å². The third-order valence-corrected chi connectivity index (χ3v) is 7.81. The van der Waals surface area contributed by atoms with Crippen LogP contribution >= 0.6 is 11.6 Å². The van der Waals surface area contributed by atoms with Crippen LogP contribution < -0.4 is 4.74 Å². The lowest BCUT2D eigenvalue weighted by Crippen LogP contribution is -2.54. The van der Waals surface area contributed by atoms with E-state index in [2.05, 4.69) is 36.7 Å². The number of phenolic OH excluding ortho intramolecular Hbond substituents is 1. The van der Waals surface area contributed by atoms with E-state index in [1.165, 1.54) is 0 Å². The summed E-state index contributed by atoms with van der Waals surface area (Å²) in [4.78, 5) is 7.00. The summed E-state index contributed by atoms with van der Waals surface area (Å²) in [5.41, 5.74) is 4.91. The molecule has 0 radical (unpaired) electrons. The minimum Gasteiger partial charge on any atom is -0.508 e. The van der Waals surface area contributed by atoms with Gasteiger partial charge in [0.25, 0.3) is 0 Å². The summed E-state index contributed by atoms with van der Waals surface area (Å²) < 4.78 is 6.11. The van der Waals surface area contributed by atoms with Gasteiger partial charge >= 0.3 is 0 Å². The van der Waals surface area contributed by atoms with Crippen LogP contribution in [0.15, 0.2) is 66.5 Å². The molecular formula is C29H31ClN2O3. The number of piperidine rings is 1. The summed E-state index contributed by atoms with van der Waals surface area (Å²) in [5, 5.41) is 22.9. The Hall–Kier alpha value is -3.02. The molecule has 0 aliphatic carbocycles. The van der Waals surface area contributed by atoms with Gasteiger partial charge in [-0.05, 0) is 48.4 Å². The maximum atomic E-state index is 11.9. The van der Waals surface area contributed by atoms with Crippen LogP contribution in [0.25, 0.3) is 5.57 Å². The number of aromatic hydroxyl groups is 1. The van der Waals surface area contributed by atoms with Crippen molar-refractivity contribution in [2.45, 2.75) is 39.4 Å². The number of fused-ring (bicyclic) bond motifs is 2. The fourth-order valence-corrected chi connectivity index (χ4v) is 5.91. The summed E-state index contributed by atoms with van der Waals surface area (Å²) in [6.07, 6.45) is 2.58. The predicted molar refractivity (Wildman–Crippen MR) is 138 cm³/mol. The average molecular weight is 491 g/mol. The smallest absolute Gasteiger partial charge is 0.131 e. The van der Waals surface area contributed by atoms with E-state index in [1.807, 2.05) is 36.4 Å². The Labute approximate surface area is 211 Å². The fraction of sp³-hybridized carbons (Fsp3) is 0.345. The average Bonchev–Trinajstić information content (AvgIpc) is 3.00. The number of halogens is 1. The lowest BCUT2D eigenvalue weighted by Gasteiger charge is -2.49. The minimum atomic E-state index is -0.952. The largest absolute Gasteiger partial charge is 0.508 e. The molecule has 2 aromatic carbocycles. The Bertz CT molecular complexity index is 1260. The molecule has 2 unspecified atom stereocenters. The molecule has 1 aromatic heterocycles. The molecule has 1 saturated heterocycles. The van der Waals surface area contributed by atoms with E-state index in [-0.39, 0.29) is 17.6 Å². The zero-order valence-corrected chi connectivity index (χ0v) is 21.1. The van der Waals surface area contributed by atoms with Gasteiger partial charge in [0.2, 0.25) is 0 Å². The molecule has 182 valence electrons. The van der Waals surface area contributed by atoms with Gasteiger partial charge in [-0.1, -0.05) is 50.6 Å². The Kier molecular flexibility index (Phi) is 6.24. The Morgan fingerprint density at radius 2 is 1.80 bits per heavy atom. The summed E-state index contributed by atoms with van der Waals surface area (Å²) in [6, 6.07) is 16.9. The zero-order valence-electron chi connectivity index (χ0n) is 20.3. The molecule has 2 aliphatic rings. The van der Waals surface area contributed by atoms with Gasteiger partial charge in [0.1, 0.15) is 18.1 Å². The molecule has 35 heavy (non-hydrogen) atoms. The Morgan fingerprint density at radius 3 is 2.49 bits per heavy atom. The van der Waals surface area contributed by atoms with Crippen molar-refractivity contribution in [2.24, 2.45) is 11.8 Å². The van der Waals surface area contributed by atoms with Gasteiger partial charge in [0, 0.05) is 58.5 Å². The lowest BCUT2D eigenvalue weighted by atomic mass is 9.70. The zero-order chi connectivity index (χ0) is 24.7. The lowest BCUT2D eigenvalue weighted by molar-refractivity contribution is -0.106. The summed E-state index contributed by atoms with van der Waals surface area (Å²) in [6.45, 7) is 8.14. The van der Waals surface area contributed by atoms with E-state index in [4.69, 9.17) is 16.3 Å². The van der Waals surface area contributed by atoms with Crippen LogP contribution in [0.1, 0.15) is 49.6 Å². The molecule has 3 heterocycles. The van der Waals surface area contributed by atoms with Gasteiger partial charge in [-0.25, -0.2) is 0 Å². The quantitative estimate of drug-likeness (QED) is 0.473. The number of ether oxygens (including phenoxy) is 1. The van der Waals surface area contributed by atoms with E-state index in [9.17, 15) is 10.2 Å². The standard InChI is InChI=1S/C29H31ClN2O3/c1-4-26(32-15-18(2)29(34,19(3)16-32)20-7-9-21(30)10-8-20)28-23-6-5-13-31-25(23)17-35-27-12-11-22(33)14-24(27)28/h5-14,18-19,33-34H,4,15-17H2,1-3H3/b28-26+. The number of pyridine rings is 1. The summed E-state index contributed by atoms with van der Waals surface area (Å²) >= 11 is 6.12. The van der Waals surface area contributed by atoms with Crippen LogP contribution in [-0.4, -0.2) is 33.2 Å². The second kappa shape index (κ2) is 9.21. The summed E-state index contributed by atoms with van der Waals surface area (Å²) in [5.74, 6) is 0.893. The van der Waals surface area contributed by atoms with Crippen molar-refractivity contribution in [3.8, 4) is 11.5 Å². The second-order valence-corrected chi connectivity index (χ2v) is 10.1. The maximum absolute atomic E-state index is 11.9. The maximum Gasteiger partial charge on any atom is 0.131 e. The first-order valence-electron chi connectivity index (χ1n) is 12.2. The SMILES string of the molecule is CC/C(=C1\c2cc(O)ccc2OCc2ncccc21)N1CC(C)C(O)(c2ccc(Cl)cc2)C(C)C1. The normalized spacial score (nSPS) is 25.2. The van der Waals surface area contributed by atoms with Crippen molar-refractivity contribution >= 4 is 17.2 Å². The van der Waals surface area contributed by atoms with Gasteiger partial charge in [0.15, 0.2) is 0 Å². The molecule has 6 heteroatoms. The molecule has 0 saturated carbocycles. The molecule has 5 rings (SSSR count). The third kappa shape index (κ3) is 4.07. The number of nitrogens with zero attached hydrogens (tertiary/aromatic N) is 2. The topological polar surface area (TPSA) is 65.8 Å². The highest BCUT2D eigenvalue weighted by Crippen LogP contribution is 2.46. The Balaban J connectivity index is 1.62. The minimum absolute atomic E-state index is 0.0198. The first-order valence-corrected chi connectivity index (χ1v) is 12.6. The van der Waals surface area contributed by atoms with Gasteiger partial charge in [-0.3, -0.25) is 4.98 Å². The van der Waals surface area contributed by atoms with Crippen molar-refractivity contribution in [1.29, 1.82) is 0 Å². The van der Waals surface area contributed by atoms with Gasteiger partial charge in [-0.15, -0.1) is 0 Å². The number of aromatic nitrogens is 1. The molecular weight excluding hydrogens is 460 g/mol. The van der Waals surface area contributed by atoms with Crippen LogP contribution in [0.4, 0.5) is 0 Å². The van der Waals surface area contributed by atoms with Crippen LogP contribution in [-0.2, 0) is 12.2 Å². The summed E-state index contributed by atoms with van der Waals surface area (Å²) in [7, 11) is 0. The molecule has 3 aromatic rings. The molecule has 2 N–H and O–H groups in total. The van der Waals surface area contributed by atoms with Crippen LogP contribution in [0, 0.1) is 11.8 Å². The highest BCUT2D eigenvalue weighted by molar-refractivity contribution is 6.30. The van der Waals surface area contributed by atoms with E-state index in [1.54, 1.807) is 18.3 Å². The number of rotatable bonds is 3. The van der Waals surface area contributed by atoms with Crippen molar-refractivity contribution in [3.63, 3.8) is 0 Å². The predicted octanol–water partition coefficient (Wildman–Crippen LogP) is 5.98. The molecule has 2 atom stereocenters. The molecule has 5 nitrogen and oxygen atoms in total. The highest BCUT2D eigenvalue weighted by atomic mass is 35.5. The van der Waals surface area contributed by atoms with Crippen LogP contribution in [0.2, 0.25) is 5.02 Å². The Morgan fingerprint density at radius 1 is 1.09 bits per heavy atom. The van der Waals surface area contributed by atoms with Crippen molar-refractivity contribution < 1.29 is 14.9 Å². The van der Waals surface area contributed by atoms with Gasteiger partial charge in [0.05, 0.1) is 11.3 Å². The number of hydrogen-bond donors (Lipinski definition) is 2. The number of phenols is 1. The molecule has 0 amide bonds. The van der Waals surface area contributed by atoms with Crippen molar-refractivity contribution in [3.05, 3.63) is 93.9 Å². The highest BCUT2D eigenvalue weighted by Gasteiger charge is 2.46. The molecule has 0 bridgehead atoms. The van der Waals surface area contributed by atoms with Gasteiger partial charge in [-0.2, -0.15) is 0 Å². The molecule has 1 fully saturated rings. The van der Waals surface area contributed by atoms with Crippen molar-refractivity contribution in [1.82, 2.24) is 9.88 Å². The number of benzene rings is 2. The van der Waals surface area contributed by atoms with Crippen LogP contribution in [0.3, 0.4) is 0 Å². The number of likely N-dealkylation sites (tertiary alicyclic amines) is 1. The second-order valence-electron chi connectivity index (χ2n) is 9.68. The van der Waals surface area contributed by atoms with E-state index < -0.39 is 5.60 Å². The molecule has 2 aliphatic heterocycles. The van der Waals surface area contributed by atoms with Crippen LogP contribution in [0.5, 0.6) is 11.5 Å². The van der Waals surface area contributed by atoms with E-state index >= 15 is 0 Å².